The van der Waals surface area contributed by atoms with Gasteiger partial charge in [-0.15, -0.1) is 0 Å². The second-order valence-electron chi connectivity index (χ2n) is 8.00. The molecular formula is C24H28F3NO3. The summed E-state index contributed by atoms with van der Waals surface area (Å²) >= 11 is 0. The van der Waals surface area contributed by atoms with Gasteiger partial charge in [-0.05, 0) is 66.6 Å². The second-order valence-corrected chi connectivity index (χ2v) is 8.00. The number of hydrogen-bond donors (Lipinski definition) is 1. The number of fused-ring (bicyclic) bond motifs is 1. The van der Waals surface area contributed by atoms with Crippen molar-refractivity contribution in [2.45, 2.75) is 51.4 Å². The zero-order valence-corrected chi connectivity index (χ0v) is 17.8. The average molecular weight is 435 g/mol. The summed E-state index contributed by atoms with van der Waals surface area (Å²) in [6.07, 6.45) is -1.34. The maximum Gasteiger partial charge on any atom is 0.416 e. The molecule has 168 valence electrons. The molecule has 0 fully saturated rings. The molecule has 0 aromatic heterocycles. The Morgan fingerprint density at radius 3 is 2.61 bits per heavy atom. The Morgan fingerprint density at radius 2 is 1.94 bits per heavy atom. The van der Waals surface area contributed by atoms with Crippen LogP contribution in [0.4, 0.5) is 13.2 Å². The highest BCUT2D eigenvalue weighted by atomic mass is 19.4. The lowest BCUT2D eigenvalue weighted by atomic mass is 9.87. The molecule has 3 rings (SSSR count). The molecule has 0 amide bonds. The minimum absolute atomic E-state index is 0.0914. The number of nitrogens with one attached hydrogen (secondary N) is 1. The molecular weight excluding hydrogens is 407 g/mol. The Labute approximate surface area is 180 Å². The number of carbonyl (C=O) groups excluding carboxylic acids is 1. The molecule has 1 aliphatic heterocycles. The van der Waals surface area contributed by atoms with Gasteiger partial charge in [-0.1, -0.05) is 31.2 Å². The van der Waals surface area contributed by atoms with Gasteiger partial charge in [-0.2, -0.15) is 13.2 Å². The molecule has 0 saturated carbocycles. The van der Waals surface area contributed by atoms with Crippen LogP contribution in [0.1, 0.15) is 42.0 Å². The lowest BCUT2D eigenvalue weighted by molar-refractivity contribution is -0.140. The molecule has 31 heavy (non-hydrogen) atoms. The Morgan fingerprint density at radius 1 is 1.19 bits per heavy atom. The van der Waals surface area contributed by atoms with Crippen molar-refractivity contribution in [3.05, 3.63) is 64.7 Å². The molecule has 1 N–H and O–H groups in total. The van der Waals surface area contributed by atoms with E-state index < -0.39 is 11.7 Å². The average Bonchev–Trinajstić information content (AvgIpc) is 2.74. The monoisotopic (exact) mass is 435 g/mol. The summed E-state index contributed by atoms with van der Waals surface area (Å²) in [5, 5.41) is 3.28. The van der Waals surface area contributed by atoms with Gasteiger partial charge in [0.15, 0.2) is 0 Å². The first-order valence-corrected chi connectivity index (χ1v) is 10.5. The summed E-state index contributed by atoms with van der Waals surface area (Å²) in [6, 6.07) is 11.0. The SMILES string of the molecule is COC(=O)Cc1cccc2c1CC(C)C(CCCNCc1ccc(C(F)(F)F)cc1)O2. The van der Waals surface area contributed by atoms with E-state index in [1.54, 1.807) is 0 Å². The van der Waals surface area contributed by atoms with Crippen molar-refractivity contribution >= 4 is 5.97 Å². The van der Waals surface area contributed by atoms with Crippen LogP contribution in [0, 0.1) is 5.92 Å². The van der Waals surface area contributed by atoms with Gasteiger partial charge >= 0.3 is 12.1 Å². The van der Waals surface area contributed by atoms with Gasteiger partial charge in [0.2, 0.25) is 0 Å². The molecule has 0 radical (unpaired) electrons. The van der Waals surface area contributed by atoms with Crippen LogP contribution in [-0.4, -0.2) is 25.7 Å². The quantitative estimate of drug-likeness (QED) is 0.472. The third-order valence-electron chi connectivity index (χ3n) is 5.68. The van der Waals surface area contributed by atoms with E-state index in [9.17, 15) is 18.0 Å². The number of carbonyl (C=O) groups is 1. The van der Waals surface area contributed by atoms with Crippen LogP contribution in [-0.2, 0) is 35.1 Å². The fourth-order valence-corrected chi connectivity index (χ4v) is 3.90. The molecule has 0 spiro atoms. The van der Waals surface area contributed by atoms with Crippen LogP contribution in [0.2, 0.25) is 0 Å². The number of hydrogen-bond acceptors (Lipinski definition) is 4. The molecule has 2 aromatic rings. The third-order valence-corrected chi connectivity index (χ3v) is 5.68. The highest BCUT2D eigenvalue weighted by Crippen LogP contribution is 2.35. The predicted molar refractivity (Wildman–Crippen MR) is 112 cm³/mol. The number of methoxy groups -OCH3 is 1. The minimum Gasteiger partial charge on any atom is -0.490 e. The third kappa shape index (κ3) is 6.23. The largest absolute Gasteiger partial charge is 0.490 e. The predicted octanol–water partition coefficient (Wildman–Crippen LogP) is 4.93. The second kappa shape index (κ2) is 10.2. The number of esters is 1. The van der Waals surface area contributed by atoms with Crippen LogP contribution >= 0.6 is 0 Å². The van der Waals surface area contributed by atoms with Crippen LogP contribution in [0.3, 0.4) is 0 Å². The maximum absolute atomic E-state index is 12.6. The maximum atomic E-state index is 12.6. The van der Waals surface area contributed by atoms with Crippen molar-refractivity contribution in [3.63, 3.8) is 0 Å². The van der Waals surface area contributed by atoms with E-state index in [-0.39, 0.29) is 18.5 Å². The van der Waals surface area contributed by atoms with E-state index >= 15 is 0 Å². The van der Waals surface area contributed by atoms with Gasteiger partial charge in [0, 0.05) is 6.54 Å². The summed E-state index contributed by atoms with van der Waals surface area (Å²) in [4.78, 5) is 11.7. The van der Waals surface area contributed by atoms with E-state index in [1.807, 2.05) is 18.2 Å². The topological polar surface area (TPSA) is 47.6 Å². The number of rotatable bonds is 8. The first kappa shape index (κ1) is 23.1. The van der Waals surface area contributed by atoms with E-state index in [1.165, 1.54) is 19.2 Å². The molecule has 0 bridgehead atoms. The molecule has 0 aliphatic carbocycles. The molecule has 0 saturated heterocycles. The van der Waals surface area contributed by atoms with Crippen molar-refractivity contribution in [2.24, 2.45) is 5.92 Å². The fourth-order valence-electron chi connectivity index (χ4n) is 3.90. The van der Waals surface area contributed by atoms with E-state index in [0.29, 0.717) is 12.5 Å². The van der Waals surface area contributed by atoms with E-state index in [0.717, 1.165) is 60.4 Å². The van der Waals surface area contributed by atoms with Crippen LogP contribution < -0.4 is 10.1 Å². The van der Waals surface area contributed by atoms with Crippen molar-refractivity contribution < 1.29 is 27.4 Å². The molecule has 2 atom stereocenters. The fraction of sp³-hybridized carbons (Fsp3) is 0.458. The first-order chi connectivity index (χ1) is 14.8. The molecule has 2 aromatic carbocycles. The van der Waals surface area contributed by atoms with Gasteiger partial charge in [0.25, 0.3) is 0 Å². The zero-order valence-electron chi connectivity index (χ0n) is 17.8. The van der Waals surface area contributed by atoms with Crippen molar-refractivity contribution in [2.75, 3.05) is 13.7 Å². The molecule has 1 aliphatic rings. The summed E-state index contributed by atoms with van der Waals surface area (Å²) in [5.41, 5.74) is 2.22. The van der Waals surface area contributed by atoms with Crippen molar-refractivity contribution in [3.8, 4) is 5.75 Å². The highest BCUT2D eigenvalue weighted by Gasteiger charge is 2.30. The van der Waals surface area contributed by atoms with Crippen molar-refractivity contribution in [1.29, 1.82) is 0 Å². The van der Waals surface area contributed by atoms with Crippen LogP contribution in [0.25, 0.3) is 0 Å². The molecule has 2 unspecified atom stereocenters. The lowest BCUT2D eigenvalue weighted by Crippen LogP contribution is -2.32. The highest BCUT2D eigenvalue weighted by molar-refractivity contribution is 5.73. The zero-order chi connectivity index (χ0) is 22.4. The van der Waals surface area contributed by atoms with Gasteiger partial charge < -0.3 is 14.8 Å². The summed E-state index contributed by atoms with van der Waals surface area (Å²) < 4.78 is 48.9. The van der Waals surface area contributed by atoms with Gasteiger partial charge in [0.05, 0.1) is 19.1 Å². The number of ether oxygens (including phenoxy) is 2. The van der Waals surface area contributed by atoms with Crippen LogP contribution in [0.5, 0.6) is 5.75 Å². The molecule has 4 nitrogen and oxygen atoms in total. The Hall–Kier alpha value is -2.54. The van der Waals surface area contributed by atoms with Gasteiger partial charge in [0.1, 0.15) is 11.9 Å². The molecule has 1 heterocycles. The van der Waals surface area contributed by atoms with Crippen LogP contribution in [0.15, 0.2) is 42.5 Å². The van der Waals surface area contributed by atoms with Crippen molar-refractivity contribution in [1.82, 2.24) is 5.32 Å². The minimum atomic E-state index is -4.30. The number of alkyl halides is 3. The van der Waals surface area contributed by atoms with E-state index in [4.69, 9.17) is 9.47 Å². The van der Waals surface area contributed by atoms with Gasteiger partial charge in [-0.25, -0.2) is 0 Å². The Bertz CT molecular complexity index is 881. The number of halogens is 3. The van der Waals surface area contributed by atoms with E-state index in [2.05, 4.69) is 12.2 Å². The first-order valence-electron chi connectivity index (χ1n) is 10.5. The summed E-state index contributed by atoms with van der Waals surface area (Å²) in [7, 11) is 1.39. The Kier molecular flexibility index (Phi) is 7.59. The van der Waals surface area contributed by atoms with Gasteiger partial charge in [-0.3, -0.25) is 4.79 Å². The summed E-state index contributed by atoms with van der Waals surface area (Å²) in [5.74, 6) is 0.894. The lowest BCUT2D eigenvalue weighted by Gasteiger charge is -2.33. The Balaban J connectivity index is 1.46. The number of benzene rings is 2. The smallest absolute Gasteiger partial charge is 0.416 e. The standard InChI is InChI=1S/C24H28F3NO3/c1-16-13-20-18(14-23(29)30-2)5-3-6-22(20)31-21(16)7-4-12-28-15-17-8-10-19(11-9-17)24(25,26)27/h3,5-6,8-11,16,21,28H,4,7,12-15H2,1-2H3. The normalized spacial score (nSPS) is 18.2. The summed E-state index contributed by atoms with van der Waals surface area (Å²) in [6.45, 7) is 3.43. The molecule has 7 heteroatoms.